The third-order valence-corrected chi connectivity index (χ3v) is 1.57. The van der Waals surface area contributed by atoms with E-state index in [2.05, 4.69) is 0 Å². The molecule has 2 N–H and O–H groups in total. The molecule has 0 radical (unpaired) electrons. The molecule has 0 fully saturated rings. The van der Waals surface area contributed by atoms with Gasteiger partial charge >= 0.3 is 0 Å². The van der Waals surface area contributed by atoms with Crippen molar-refractivity contribution in [1.29, 1.82) is 0 Å². The van der Waals surface area contributed by atoms with Gasteiger partial charge in [-0.2, -0.15) is 4.73 Å². The van der Waals surface area contributed by atoms with Gasteiger partial charge in [0.1, 0.15) is 5.56 Å². The Labute approximate surface area is 80.0 Å². The molecule has 0 unspecified atom stereocenters. The average Bonchev–Trinajstić information content (AvgIpc) is 2.14. The van der Waals surface area contributed by atoms with Gasteiger partial charge in [-0.15, -0.1) is 0 Å². The van der Waals surface area contributed by atoms with E-state index in [0.29, 0.717) is 4.73 Å². The second kappa shape index (κ2) is 4.33. The monoisotopic (exact) mass is 195 g/mol. The van der Waals surface area contributed by atoms with E-state index in [1.165, 1.54) is 6.08 Å². The van der Waals surface area contributed by atoms with E-state index in [4.69, 9.17) is 5.73 Å². The number of nitrogens with zero attached hydrogens (tertiary/aromatic N) is 2. The van der Waals surface area contributed by atoms with Gasteiger partial charge in [0, 0.05) is 6.54 Å². The van der Waals surface area contributed by atoms with Crippen LogP contribution in [0.5, 0.6) is 0 Å². The minimum absolute atomic E-state index is 0.109. The van der Waals surface area contributed by atoms with Crippen molar-refractivity contribution in [2.75, 3.05) is 6.54 Å². The van der Waals surface area contributed by atoms with E-state index in [9.17, 15) is 15.3 Å². The molecule has 0 saturated carbocycles. The number of hydrogen-bond acceptors (Lipinski definition) is 4. The molecule has 74 valence electrons. The molecule has 1 aromatic heterocycles. The van der Waals surface area contributed by atoms with E-state index >= 15 is 0 Å². The molecule has 0 aliphatic carbocycles. The van der Waals surface area contributed by atoms with E-state index < -0.39 is 4.92 Å². The zero-order valence-corrected chi connectivity index (χ0v) is 7.29. The van der Waals surface area contributed by atoms with Crippen LogP contribution in [0.25, 0.3) is 6.08 Å². The summed E-state index contributed by atoms with van der Waals surface area (Å²) in [6.45, 7) is 0.269. The summed E-state index contributed by atoms with van der Waals surface area (Å²) in [6, 6.07) is 1.16. The van der Waals surface area contributed by atoms with Gasteiger partial charge in [0.25, 0.3) is 5.69 Å². The van der Waals surface area contributed by atoms with Crippen molar-refractivity contribution in [3.63, 3.8) is 0 Å². The van der Waals surface area contributed by atoms with Crippen molar-refractivity contribution < 1.29 is 9.65 Å². The predicted octanol–water partition coefficient (Wildman–Crippen LogP) is 0.200. The molecule has 0 spiro atoms. The summed E-state index contributed by atoms with van der Waals surface area (Å²) in [4.78, 5) is 9.98. The highest BCUT2D eigenvalue weighted by Crippen LogP contribution is 2.16. The summed E-state index contributed by atoms with van der Waals surface area (Å²) in [5, 5.41) is 21.4. The molecule has 1 rings (SSSR count). The second-order valence-electron chi connectivity index (χ2n) is 2.54. The maximum atomic E-state index is 10.9. The Morgan fingerprint density at radius 3 is 2.93 bits per heavy atom. The summed E-state index contributed by atoms with van der Waals surface area (Å²) in [6.07, 6.45) is 5.21. The normalized spacial score (nSPS) is 10.6. The Bertz CT molecular complexity index is 376. The van der Waals surface area contributed by atoms with Crippen LogP contribution in [0.2, 0.25) is 0 Å². The molecule has 6 heteroatoms. The number of hydrogen-bond donors (Lipinski definition) is 1. The van der Waals surface area contributed by atoms with Crippen LogP contribution in [0.15, 0.2) is 24.5 Å². The number of nitrogens with two attached hydrogens (primary N) is 1. The first-order chi connectivity index (χ1) is 6.65. The lowest BCUT2D eigenvalue weighted by molar-refractivity contribution is -0.606. The van der Waals surface area contributed by atoms with Gasteiger partial charge in [0.2, 0.25) is 0 Å². The fraction of sp³-hybridized carbons (Fsp3) is 0.125. The minimum atomic E-state index is -0.545. The zero-order valence-electron chi connectivity index (χ0n) is 7.29. The van der Waals surface area contributed by atoms with Crippen LogP contribution in [0, 0.1) is 15.3 Å². The van der Waals surface area contributed by atoms with Gasteiger partial charge in [-0.25, -0.2) is 0 Å². The van der Waals surface area contributed by atoms with Gasteiger partial charge in [-0.1, -0.05) is 6.08 Å². The van der Waals surface area contributed by atoms with Gasteiger partial charge in [0.05, 0.1) is 11.0 Å². The highest BCUT2D eigenvalue weighted by Gasteiger charge is 2.13. The number of pyridine rings is 1. The second-order valence-corrected chi connectivity index (χ2v) is 2.54. The van der Waals surface area contributed by atoms with Crippen molar-refractivity contribution in [2.45, 2.75) is 0 Å². The quantitative estimate of drug-likeness (QED) is 0.322. The summed E-state index contributed by atoms with van der Waals surface area (Å²) in [5.41, 5.74) is 5.34. The summed E-state index contributed by atoms with van der Waals surface area (Å²) >= 11 is 0. The largest absolute Gasteiger partial charge is 0.619 e. The third-order valence-electron chi connectivity index (χ3n) is 1.57. The molecule has 0 amide bonds. The Kier molecular flexibility index (Phi) is 3.14. The number of aromatic nitrogens is 1. The lowest BCUT2D eigenvalue weighted by atomic mass is 10.2. The van der Waals surface area contributed by atoms with Gasteiger partial charge < -0.3 is 10.9 Å². The van der Waals surface area contributed by atoms with E-state index in [-0.39, 0.29) is 17.8 Å². The first-order valence-corrected chi connectivity index (χ1v) is 3.89. The number of nitro groups is 1. The van der Waals surface area contributed by atoms with E-state index in [0.717, 1.165) is 18.5 Å². The first-order valence-electron chi connectivity index (χ1n) is 3.89. The van der Waals surface area contributed by atoms with E-state index in [1.807, 2.05) is 0 Å². The Morgan fingerprint density at radius 2 is 2.36 bits per heavy atom. The molecule has 1 heterocycles. The molecule has 1 aromatic rings. The van der Waals surface area contributed by atoms with Crippen LogP contribution in [0.4, 0.5) is 5.69 Å². The van der Waals surface area contributed by atoms with Crippen molar-refractivity contribution >= 4 is 11.8 Å². The molecule has 0 saturated heterocycles. The summed E-state index contributed by atoms with van der Waals surface area (Å²) < 4.78 is 0.503. The minimum Gasteiger partial charge on any atom is -0.619 e. The van der Waals surface area contributed by atoms with Crippen molar-refractivity contribution in [2.24, 2.45) is 5.73 Å². The summed E-state index contributed by atoms with van der Waals surface area (Å²) in [5.74, 6) is 0. The van der Waals surface area contributed by atoms with E-state index in [1.54, 1.807) is 6.08 Å². The van der Waals surface area contributed by atoms with Gasteiger partial charge in [-0.05, 0) is 6.08 Å². The van der Waals surface area contributed by atoms with Crippen molar-refractivity contribution in [3.8, 4) is 0 Å². The SMILES string of the molecule is NCC=Cc1c[n+]([O-])ccc1[N+](=O)[O-]. The highest BCUT2D eigenvalue weighted by atomic mass is 16.6. The molecule has 0 aliphatic heterocycles. The third kappa shape index (κ3) is 2.27. The molecule has 0 bridgehead atoms. The zero-order chi connectivity index (χ0) is 10.6. The summed E-state index contributed by atoms with van der Waals surface area (Å²) in [7, 11) is 0. The Morgan fingerprint density at radius 1 is 1.64 bits per heavy atom. The van der Waals surface area contributed by atoms with Crippen LogP contribution >= 0.6 is 0 Å². The lowest BCUT2D eigenvalue weighted by Crippen LogP contribution is -2.24. The topological polar surface area (TPSA) is 96.1 Å². The van der Waals surface area contributed by atoms with Crippen LogP contribution in [0.3, 0.4) is 0 Å². The van der Waals surface area contributed by atoms with Crippen LogP contribution < -0.4 is 10.5 Å². The molecular weight excluding hydrogens is 186 g/mol. The molecule has 0 aliphatic rings. The average molecular weight is 195 g/mol. The van der Waals surface area contributed by atoms with Gasteiger partial charge in [-0.3, -0.25) is 10.1 Å². The molecule has 14 heavy (non-hydrogen) atoms. The van der Waals surface area contributed by atoms with Crippen molar-refractivity contribution in [1.82, 2.24) is 0 Å². The van der Waals surface area contributed by atoms with Crippen LogP contribution in [-0.4, -0.2) is 11.5 Å². The molecular formula is C8H9N3O3. The van der Waals surface area contributed by atoms with Crippen molar-refractivity contribution in [3.05, 3.63) is 45.4 Å². The molecule has 0 aromatic carbocycles. The standard InChI is InChI=1S/C8H9N3O3/c9-4-1-2-7-6-10(12)5-3-8(7)11(13)14/h1-3,5-6H,4,9H2. The molecule has 6 nitrogen and oxygen atoms in total. The van der Waals surface area contributed by atoms with Crippen LogP contribution in [0.1, 0.15) is 5.56 Å². The lowest BCUT2D eigenvalue weighted by Gasteiger charge is -1.98. The predicted molar refractivity (Wildman–Crippen MR) is 50.1 cm³/mol. The van der Waals surface area contributed by atoms with Gasteiger partial charge in [0.15, 0.2) is 12.4 Å². The van der Waals surface area contributed by atoms with Crippen LogP contribution in [-0.2, 0) is 0 Å². The fourth-order valence-electron chi connectivity index (χ4n) is 0.976. The Balaban J connectivity index is 3.15. The highest BCUT2D eigenvalue weighted by molar-refractivity contribution is 5.58. The molecule has 0 atom stereocenters. The smallest absolute Gasteiger partial charge is 0.288 e. The maximum absolute atomic E-state index is 10.9. The fourth-order valence-corrected chi connectivity index (χ4v) is 0.976. The Hall–Kier alpha value is -1.95. The first kappa shape index (κ1) is 10.1. The number of rotatable bonds is 3. The maximum Gasteiger partial charge on any atom is 0.288 e.